The summed E-state index contributed by atoms with van der Waals surface area (Å²) in [5.74, 6) is 0.210. The van der Waals surface area contributed by atoms with E-state index in [1.165, 1.54) is 7.11 Å². The van der Waals surface area contributed by atoms with Crippen LogP contribution in [0.4, 0.5) is 0 Å². The number of rotatable bonds is 9. The maximum atomic E-state index is 13.0. The van der Waals surface area contributed by atoms with Crippen molar-refractivity contribution in [1.29, 1.82) is 0 Å². The topological polar surface area (TPSA) is 109 Å². The summed E-state index contributed by atoms with van der Waals surface area (Å²) in [5.41, 5.74) is 0.493. The molecule has 1 N–H and O–H groups in total. The van der Waals surface area contributed by atoms with Gasteiger partial charge in [0.1, 0.15) is 11.6 Å². The van der Waals surface area contributed by atoms with Gasteiger partial charge in [-0.25, -0.2) is 9.78 Å². The maximum Gasteiger partial charge on any atom is 0.337 e. The minimum absolute atomic E-state index is 0.0460. The number of piperidine rings is 1. The van der Waals surface area contributed by atoms with Gasteiger partial charge in [-0.15, -0.1) is 0 Å². The van der Waals surface area contributed by atoms with Crippen molar-refractivity contribution in [3.05, 3.63) is 64.2 Å². The summed E-state index contributed by atoms with van der Waals surface area (Å²) in [4.78, 5) is 58.9. The lowest BCUT2D eigenvalue weighted by atomic mass is 9.84. The number of amides is 1. The van der Waals surface area contributed by atoms with E-state index in [-0.39, 0.29) is 29.6 Å². The Morgan fingerprint density at radius 2 is 1.89 bits per heavy atom. The number of H-pyrrole nitrogens is 1. The van der Waals surface area contributed by atoms with Crippen molar-refractivity contribution >= 4 is 28.6 Å². The quantitative estimate of drug-likeness (QED) is 0.324. The molecule has 1 fully saturated rings. The Hall–Kier alpha value is -3.55. The first-order chi connectivity index (χ1) is 17.1. The number of aromatic amines is 1. The summed E-state index contributed by atoms with van der Waals surface area (Å²) in [5, 5.41) is 0.550. The number of aromatic nitrogens is 2. The van der Waals surface area contributed by atoms with Gasteiger partial charge in [-0.2, -0.15) is 0 Å². The number of ketones is 1. The first-order valence-electron chi connectivity index (χ1n) is 12.3. The van der Waals surface area contributed by atoms with Gasteiger partial charge < -0.3 is 14.6 Å². The van der Waals surface area contributed by atoms with Gasteiger partial charge >= 0.3 is 5.97 Å². The van der Waals surface area contributed by atoms with Crippen LogP contribution in [0.2, 0.25) is 0 Å². The first-order valence-corrected chi connectivity index (χ1v) is 12.3. The van der Waals surface area contributed by atoms with Crippen molar-refractivity contribution in [2.45, 2.75) is 52.9 Å². The molecule has 1 aliphatic rings. The summed E-state index contributed by atoms with van der Waals surface area (Å²) in [7, 11) is 1.32. The highest BCUT2D eigenvalue weighted by atomic mass is 16.5. The lowest BCUT2D eigenvalue weighted by Gasteiger charge is -2.34. The van der Waals surface area contributed by atoms with Crippen molar-refractivity contribution in [1.82, 2.24) is 14.9 Å². The second-order valence-electron chi connectivity index (χ2n) is 10.0. The predicted molar refractivity (Wildman–Crippen MR) is 138 cm³/mol. The van der Waals surface area contributed by atoms with Crippen LogP contribution in [0, 0.1) is 11.3 Å². The summed E-state index contributed by atoms with van der Waals surface area (Å²) < 4.78 is 4.70. The molecule has 1 amide bonds. The van der Waals surface area contributed by atoms with Gasteiger partial charge in [0.05, 0.1) is 23.6 Å². The number of ether oxygens (including phenoxy) is 1. The third kappa shape index (κ3) is 6.99. The monoisotopic (exact) mass is 493 g/mol. The number of carbonyl (C=O) groups excluding carboxylic acids is 3. The summed E-state index contributed by atoms with van der Waals surface area (Å²) >= 11 is 0. The normalized spacial score (nSPS) is 15.4. The summed E-state index contributed by atoms with van der Waals surface area (Å²) in [6.07, 6.45) is 7.26. The molecule has 1 aromatic carbocycles. The molecular formula is C28H35N3O5. The average Bonchev–Trinajstić information content (AvgIpc) is 2.85. The minimum Gasteiger partial charge on any atom is -0.465 e. The van der Waals surface area contributed by atoms with Gasteiger partial charge in [-0.1, -0.05) is 44.2 Å². The molecule has 36 heavy (non-hydrogen) atoms. The molecule has 2 aromatic rings. The second-order valence-corrected chi connectivity index (χ2v) is 10.0. The number of Topliss-reactive ketones (excluding diaryl/α,β-unsaturated/α-hetero) is 1. The van der Waals surface area contributed by atoms with E-state index in [0.29, 0.717) is 61.1 Å². The molecule has 1 saturated heterocycles. The Bertz CT molecular complexity index is 1230. The zero-order chi connectivity index (χ0) is 26.3. The molecule has 0 saturated carbocycles. The van der Waals surface area contributed by atoms with Crippen LogP contribution in [0.1, 0.15) is 52.3 Å². The lowest BCUT2D eigenvalue weighted by Crippen LogP contribution is -2.42. The summed E-state index contributed by atoms with van der Waals surface area (Å²) in [6.45, 7) is 6.82. The fourth-order valence-electron chi connectivity index (χ4n) is 4.58. The molecular weight excluding hydrogens is 458 g/mol. The molecule has 0 aliphatic carbocycles. The second kappa shape index (κ2) is 11.9. The van der Waals surface area contributed by atoms with Gasteiger partial charge in [0.2, 0.25) is 5.91 Å². The maximum absolute atomic E-state index is 13.0. The molecule has 0 unspecified atom stereocenters. The predicted octanol–water partition coefficient (Wildman–Crippen LogP) is 3.76. The van der Waals surface area contributed by atoms with E-state index in [2.05, 4.69) is 9.97 Å². The molecule has 1 aromatic heterocycles. The molecule has 192 valence electrons. The highest BCUT2D eigenvalue weighted by Crippen LogP contribution is 2.28. The first kappa shape index (κ1) is 27.0. The standard InChI is InChI=1S/C28H35N3O5/c1-5-19(27(35)36-4)9-8-12-23(32)20-13-15-31(16-14-20)25(33)18-28(2,3)17-24-29-22-11-7-6-10-21(22)26(34)30-24/h5-11,20H,12-18H2,1-4H3,(H,29,30,34)/b9-8-,19-5+. The van der Waals surface area contributed by atoms with Gasteiger partial charge in [0.25, 0.3) is 5.56 Å². The molecule has 1 aliphatic heterocycles. The number of nitrogens with one attached hydrogen (secondary N) is 1. The van der Waals surface area contributed by atoms with Gasteiger partial charge in [0.15, 0.2) is 0 Å². The fraction of sp³-hybridized carbons (Fsp3) is 0.464. The lowest BCUT2D eigenvalue weighted by molar-refractivity contribution is -0.136. The van der Waals surface area contributed by atoms with Crippen LogP contribution in [0.25, 0.3) is 10.9 Å². The molecule has 0 bridgehead atoms. The fourth-order valence-corrected chi connectivity index (χ4v) is 4.58. The van der Waals surface area contributed by atoms with E-state index in [1.807, 2.05) is 30.9 Å². The number of fused-ring (bicyclic) bond motifs is 1. The smallest absolute Gasteiger partial charge is 0.337 e. The van der Waals surface area contributed by atoms with Crippen LogP contribution in [-0.4, -0.2) is 52.7 Å². The largest absolute Gasteiger partial charge is 0.465 e. The average molecular weight is 494 g/mol. The number of methoxy groups -OCH3 is 1. The zero-order valence-corrected chi connectivity index (χ0v) is 21.5. The Kier molecular flexibility index (Phi) is 8.96. The number of allylic oxidation sites excluding steroid dienone is 2. The van der Waals surface area contributed by atoms with E-state index < -0.39 is 11.4 Å². The number of hydrogen-bond donors (Lipinski definition) is 1. The molecule has 3 rings (SSSR count). The van der Waals surface area contributed by atoms with E-state index in [0.717, 1.165) is 0 Å². The van der Waals surface area contributed by atoms with Crippen molar-refractivity contribution in [3.8, 4) is 0 Å². The number of esters is 1. The molecule has 8 heteroatoms. The Balaban J connectivity index is 1.51. The Morgan fingerprint density at radius 1 is 1.19 bits per heavy atom. The van der Waals surface area contributed by atoms with E-state index >= 15 is 0 Å². The van der Waals surface area contributed by atoms with Gasteiger partial charge in [0, 0.05) is 38.3 Å². The highest BCUT2D eigenvalue weighted by molar-refractivity contribution is 5.91. The number of nitrogens with zero attached hydrogens (tertiary/aromatic N) is 2. The molecule has 0 radical (unpaired) electrons. The van der Waals surface area contributed by atoms with Crippen molar-refractivity contribution in [2.24, 2.45) is 11.3 Å². The van der Waals surface area contributed by atoms with Gasteiger partial charge in [-0.05, 0) is 37.3 Å². The Labute approximate surface area is 211 Å². The number of para-hydroxylation sites is 1. The van der Waals surface area contributed by atoms with Crippen molar-refractivity contribution < 1.29 is 19.1 Å². The SMILES string of the molecule is C/C=C(\C=C/CC(=O)C1CCN(C(=O)CC(C)(C)Cc2nc3ccccc3c(=O)[nH]2)CC1)C(=O)OC. The molecule has 0 atom stereocenters. The Morgan fingerprint density at radius 3 is 2.56 bits per heavy atom. The van der Waals surface area contributed by atoms with E-state index in [4.69, 9.17) is 4.74 Å². The number of benzene rings is 1. The third-order valence-corrected chi connectivity index (χ3v) is 6.59. The number of hydrogen-bond acceptors (Lipinski definition) is 6. The van der Waals surface area contributed by atoms with E-state index in [1.54, 1.807) is 37.3 Å². The molecule has 2 heterocycles. The van der Waals surface area contributed by atoms with Crippen LogP contribution in [0.3, 0.4) is 0 Å². The van der Waals surface area contributed by atoms with Crippen LogP contribution in [0.15, 0.2) is 52.9 Å². The van der Waals surface area contributed by atoms with Gasteiger partial charge in [-0.3, -0.25) is 14.4 Å². The highest BCUT2D eigenvalue weighted by Gasteiger charge is 2.30. The van der Waals surface area contributed by atoms with Crippen LogP contribution < -0.4 is 5.56 Å². The van der Waals surface area contributed by atoms with Crippen molar-refractivity contribution in [2.75, 3.05) is 20.2 Å². The van der Waals surface area contributed by atoms with E-state index in [9.17, 15) is 19.2 Å². The van der Waals surface area contributed by atoms with Crippen molar-refractivity contribution in [3.63, 3.8) is 0 Å². The van der Waals surface area contributed by atoms with Crippen LogP contribution in [0.5, 0.6) is 0 Å². The molecule has 8 nitrogen and oxygen atoms in total. The van der Waals surface area contributed by atoms with Crippen LogP contribution in [-0.2, 0) is 25.5 Å². The molecule has 0 spiro atoms. The van der Waals surface area contributed by atoms with Crippen LogP contribution >= 0.6 is 0 Å². The minimum atomic E-state index is -0.432. The zero-order valence-electron chi connectivity index (χ0n) is 21.5. The summed E-state index contributed by atoms with van der Waals surface area (Å²) in [6, 6.07) is 7.21. The third-order valence-electron chi connectivity index (χ3n) is 6.59. The number of carbonyl (C=O) groups is 3. The number of likely N-dealkylation sites (tertiary alicyclic amines) is 1.